The molecule has 140 valence electrons. The summed E-state index contributed by atoms with van der Waals surface area (Å²) in [6.07, 6.45) is -1.21. The Morgan fingerprint density at radius 1 is 1.04 bits per heavy atom. The number of fused-ring (bicyclic) bond motifs is 1. The van der Waals surface area contributed by atoms with Gasteiger partial charge in [0.15, 0.2) is 0 Å². The second kappa shape index (κ2) is 7.69. The number of amides is 2. The van der Waals surface area contributed by atoms with Crippen molar-refractivity contribution in [1.82, 2.24) is 4.90 Å². The van der Waals surface area contributed by atoms with E-state index in [2.05, 4.69) is 0 Å². The van der Waals surface area contributed by atoms with Gasteiger partial charge in [-0.3, -0.25) is 19.3 Å². The van der Waals surface area contributed by atoms with Crippen molar-refractivity contribution in [2.75, 3.05) is 6.54 Å². The fourth-order valence-electron chi connectivity index (χ4n) is 3.40. The Labute approximate surface area is 156 Å². The number of aliphatic hydroxyl groups is 1. The molecule has 7 nitrogen and oxygen atoms in total. The number of imide groups is 1. The van der Waals surface area contributed by atoms with Gasteiger partial charge in [0.2, 0.25) is 0 Å². The highest BCUT2D eigenvalue weighted by Crippen LogP contribution is 2.30. The number of carbonyl (C=O) groups excluding carboxylic acids is 2. The highest BCUT2D eigenvalue weighted by molar-refractivity contribution is 6.22. The molecule has 0 aromatic heterocycles. The van der Waals surface area contributed by atoms with Gasteiger partial charge in [-0.1, -0.05) is 42.5 Å². The van der Waals surface area contributed by atoms with E-state index in [1.54, 1.807) is 6.07 Å². The molecule has 0 fully saturated rings. The van der Waals surface area contributed by atoms with Crippen molar-refractivity contribution in [2.24, 2.45) is 5.73 Å². The van der Waals surface area contributed by atoms with E-state index in [0.717, 1.165) is 10.5 Å². The minimum atomic E-state index is -1.10. The van der Waals surface area contributed by atoms with Crippen LogP contribution in [-0.4, -0.2) is 51.6 Å². The molecule has 2 atom stereocenters. The fourth-order valence-corrected chi connectivity index (χ4v) is 3.40. The minimum absolute atomic E-state index is 0.0900. The molecule has 0 spiro atoms. The Bertz CT molecular complexity index is 881. The van der Waals surface area contributed by atoms with Crippen molar-refractivity contribution in [3.8, 4) is 0 Å². The SMILES string of the molecule is NC[C@@H](O)[C@H](Cc1ccccc1)N1C(=O)c2cccc(CC(=O)O)c2C1=O. The number of nitrogens with two attached hydrogens (primary N) is 1. The van der Waals surface area contributed by atoms with Crippen molar-refractivity contribution < 1.29 is 24.6 Å². The van der Waals surface area contributed by atoms with Crippen LogP contribution in [0.25, 0.3) is 0 Å². The number of carboxylic acids is 1. The summed E-state index contributed by atoms with van der Waals surface area (Å²) in [5, 5.41) is 19.5. The molecule has 1 heterocycles. The van der Waals surface area contributed by atoms with Gasteiger partial charge < -0.3 is 15.9 Å². The molecule has 0 bridgehead atoms. The van der Waals surface area contributed by atoms with Gasteiger partial charge in [-0.15, -0.1) is 0 Å². The third-order valence-corrected chi connectivity index (χ3v) is 4.68. The van der Waals surface area contributed by atoms with Crippen molar-refractivity contribution in [3.63, 3.8) is 0 Å². The lowest BCUT2D eigenvalue weighted by Crippen LogP contribution is -2.50. The number of nitrogens with zero attached hydrogens (tertiary/aromatic N) is 1. The Kier molecular flexibility index (Phi) is 5.34. The van der Waals surface area contributed by atoms with Gasteiger partial charge in [0.1, 0.15) is 0 Å². The smallest absolute Gasteiger partial charge is 0.307 e. The maximum Gasteiger partial charge on any atom is 0.307 e. The zero-order valence-corrected chi connectivity index (χ0v) is 14.5. The third kappa shape index (κ3) is 3.60. The second-order valence-electron chi connectivity index (χ2n) is 6.45. The molecule has 7 heteroatoms. The average Bonchev–Trinajstić information content (AvgIpc) is 2.91. The number of benzene rings is 2. The molecular formula is C20H20N2O5. The summed E-state index contributed by atoms with van der Waals surface area (Å²) in [5.74, 6) is -2.24. The second-order valence-corrected chi connectivity index (χ2v) is 6.45. The van der Waals surface area contributed by atoms with E-state index in [1.807, 2.05) is 30.3 Å². The molecule has 1 aliphatic rings. The van der Waals surface area contributed by atoms with Crippen molar-refractivity contribution in [1.29, 1.82) is 0 Å². The zero-order valence-electron chi connectivity index (χ0n) is 14.5. The van der Waals surface area contributed by atoms with Crippen LogP contribution in [0.5, 0.6) is 0 Å². The van der Waals surface area contributed by atoms with Crippen molar-refractivity contribution in [3.05, 3.63) is 70.8 Å². The quantitative estimate of drug-likeness (QED) is 0.623. The standard InChI is InChI=1S/C20H20N2O5/c21-11-16(23)15(9-12-5-2-1-3-6-12)22-19(26)14-8-4-7-13(10-17(24)25)18(14)20(22)27/h1-8,15-16,23H,9-11,21H2,(H,24,25)/t15-,16+/m0/s1. The predicted molar refractivity (Wildman–Crippen MR) is 97.3 cm³/mol. The van der Waals surface area contributed by atoms with Crippen molar-refractivity contribution >= 4 is 17.8 Å². The van der Waals surface area contributed by atoms with Crippen LogP contribution in [0.4, 0.5) is 0 Å². The van der Waals surface area contributed by atoms with Crippen LogP contribution in [0.2, 0.25) is 0 Å². The van der Waals surface area contributed by atoms with Gasteiger partial charge in [-0.2, -0.15) is 0 Å². The maximum atomic E-state index is 13.0. The molecule has 2 aromatic rings. The Morgan fingerprint density at radius 2 is 1.74 bits per heavy atom. The van der Waals surface area contributed by atoms with E-state index in [1.165, 1.54) is 12.1 Å². The van der Waals surface area contributed by atoms with Gasteiger partial charge in [0.05, 0.1) is 29.7 Å². The molecule has 27 heavy (non-hydrogen) atoms. The summed E-state index contributed by atoms with van der Waals surface area (Å²) in [6, 6.07) is 12.9. The van der Waals surface area contributed by atoms with Crippen LogP contribution < -0.4 is 5.73 Å². The third-order valence-electron chi connectivity index (χ3n) is 4.68. The van der Waals surface area contributed by atoms with Crippen LogP contribution in [0.1, 0.15) is 31.8 Å². The Hall–Kier alpha value is -3.03. The summed E-state index contributed by atoms with van der Waals surface area (Å²) < 4.78 is 0. The molecule has 0 radical (unpaired) electrons. The van der Waals surface area contributed by atoms with Gasteiger partial charge in [0.25, 0.3) is 11.8 Å². The maximum absolute atomic E-state index is 13.0. The van der Waals surface area contributed by atoms with E-state index in [4.69, 9.17) is 10.8 Å². The first-order valence-electron chi connectivity index (χ1n) is 8.57. The van der Waals surface area contributed by atoms with Gasteiger partial charge in [-0.25, -0.2) is 0 Å². The monoisotopic (exact) mass is 368 g/mol. The van der Waals surface area contributed by atoms with Gasteiger partial charge in [0, 0.05) is 6.54 Å². The molecule has 1 aliphatic heterocycles. The van der Waals surface area contributed by atoms with Crippen molar-refractivity contribution in [2.45, 2.75) is 25.0 Å². The Balaban J connectivity index is 2.00. The molecule has 0 saturated heterocycles. The summed E-state index contributed by atoms with van der Waals surface area (Å²) in [4.78, 5) is 38.0. The molecule has 2 amide bonds. The van der Waals surface area contributed by atoms with Gasteiger partial charge >= 0.3 is 5.97 Å². The molecule has 4 N–H and O–H groups in total. The van der Waals surface area contributed by atoms with Crippen LogP contribution >= 0.6 is 0 Å². The summed E-state index contributed by atoms with van der Waals surface area (Å²) in [7, 11) is 0. The van der Waals surface area contributed by atoms with E-state index < -0.39 is 29.9 Å². The van der Waals surface area contributed by atoms with Gasteiger partial charge in [-0.05, 0) is 23.6 Å². The lowest BCUT2D eigenvalue weighted by Gasteiger charge is -2.30. The first-order chi connectivity index (χ1) is 12.9. The van der Waals surface area contributed by atoms with Crippen LogP contribution in [-0.2, 0) is 17.6 Å². The number of hydrogen-bond donors (Lipinski definition) is 3. The largest absolute Gasteiger partial charge is 0.481 e. The molecule has 0 saturated carbocycles. The number of rotatable bonds is 7. The number of carbonyl (C=O) groups is 3. The molecule has 3 rings (SSSR count). The van der Waals surface area contributed by atoms with Crippen LogP contribution in [0, 0.1) is 0 Å². The number of hydrogen-bond acceptors (Lipinski definition) is 5. The lowest BCUT2D eigenvalue weighted by atomic mass is 9.99. The normalized spacial score (nSPS) is 15.6. The minimum Gasteiger partial charge on any atom is -0.481 e. The molecular weight excluding hydrogens is 348 g/mol. The number of aliphatic hydroxyl groups excluding tert-OH is 1. The Morgan fingerprint density at radius 3 is 2.37 bits per heavy atom. The molecule has 0 unspecified atom stereocenters. The van der Waals surface area contributed by atoms with Crippen LogP contribution in [0.3, 0.4) is 0 Å². The summed E-state index contributed by atoms with van der Waals surface area (Å²) >= 11 is 0. The highest BCUT2D eigenvalue weighted by Gasteiger charge is 2.43. The lowest BCUT2D eigenvalue weighted by molar-refractivity contribution is -0.136. The van der Waals surface area contributed by atoms with Crippen LogP contribution in [0.15, 0.2) is 48.5 Å². The number of carboxylic acid groups (broad SMARTS) is 1. The average molecular weight is 368 g/mol. The predicted octanol–water partition coefficient (Wildman–Crippen LogP) is 0.841. The highest BCUT2D eigenvalue weighted by atomic mass is 16.4. The number of aliphatic carboxylic acids is 1. The fraction of sp³-hybridized carbons (Fsp3) is 0.250. The first kappa shape index (κ1) is 18.8. The van der Waals surface area contributed by atoms with E-state index in [0.29, 0.717) is 0 Å². The topological polar surface area (TPSA) is 121 Å². The van der Waals surface area contributed by atoms with E-state index >= 15 is 0 Å². The summed E-state index contributed by atoms with van der Waals surface area (Å²) in [5.41, 5.74) is 6.98. The first-order valence-corrected chi connectivity index (χ1v) is 8.57. The van der Waals surface area contributed by atoms with E-state index in [-0.39, 0.29) is 36.1 Å². The zero-order chi connectivity index (χ0) is 19.6. The summed E-state index contributed by atoms with van der Waals surface area (Å²) in [6.45, 7) is -0.118. The van der Waals surface area contributed by atoms with E-state index in [9.17, 15) is 19.5 Å². The molecule has 2 aromatic carbocycles. The molecule has 0 aliphatic carbocycles.